The molecule has 0 fully saturated rings. The molecular formula is C13H14N2O3. The zero-order valence-corrected chi connectivity index (χ0v) is 10.0. The molecule has 0 unspecified atom stereocenters. The summed E-state index contributed by atoms with van der Waals surface area (Å²) in [4.78, 5) is 14.8. The lowest BCUT2D eigenvalue weighted by Crippen LogP contribution is -2.08. The Bertz CT molecular complexity index is 569. The van der Waals surface area contributed by atoms with Crippen LogP contribution in [-0.4, -0.2) is 29.7 Å². The minimum atomic E-state index is -0.826. The lowest BCUT2D eigenvalue weighted by atomic mass is 10.1. The number of aromatic nitrogens is 1. The van der Waals surface area contributed by atoms with Crippen LogP contribution in [0.5, 0.6) is 5.75 Å². The Kier molecular flexibility index (Phi) is 3.62. The lowest BCUT2D eigenvalue weighted by molar-refractivity contribution is -0.136. The van der Waals surface area contributed by atoms with Gasteiger partial charge in [0.25, 0.3) is 0 Å². The summed E-state index contributed by atoms with van der Waals surface area (Å²) in [5.41, 5.74) is 1.59. The minimum absolute atomic E-state index is 0.0698. The topological polar surface area (TPSA) is 71.5 Å². The Morgan fingerprint density at radius 3 is 3.00 bits per heavy atom. The highest BCUT2D eigenvalue weighted by molar-refractivity contribution is 5.94. The second kappa shape index (κ2) is 5.35. The smallest absolute Gasteiger partial charge is 0.305 e. The molecule has 2 N–H and O–H groups in total. The molecule has 0 bridgehead atoms. The van der Waals surface area contributed by atoms with E-state index in [1.165, 1.54) is 0 Å². The second-order valence-corrected chi connectivity index (χ2v) is 3.79. The van der Waals surface area contributed by atoms with Crippen LogP contribution in [0.1, 0.15) is 6.42 Å². The van der Waals surface area contributed by atoms with Crippen molar-refractivity contribution in [3.63, 3.8) is 0 Å². The summed E-state index contributed by atoms with van der Waals surface area (Å²) >= 11 is 0. The van der Waals surface area contributed by atoms with E-state index in [2.05, 4.69) is 10.3 Å². The Morgan fingerprint density at radius 2 is 2.28 bits per heavy atom. The van der Waals surface area contributed by atoms with E-state index < -0.39 is 5.97 Å². The molecule has 5 nitrogen and oxygen atoms in total. The number of anilines is 1. The predicted octanol–water partition coefficient (Wildman–Crippen LogP) is 2.13. The van der Waals surface area contributed by atoms with Gasteiger partial charge in [-0.1, -0.05) is 0 Å². The third-order valence-electron chi connectivity index (χ3n) is 2.60. The van der Waals surface area contributed by atoms with E-state index in [-0.39, 0.29) is 6.42 Å². The van der Waals surface area contributed by atoms with Gasteiger partial charge in [0.15, 0.2) is 0 Å². The molecule has 0 saturated heterocycles. The molecule has 0 atom stereocenters. The number of nitrogens with one attached hydrogen (secondary N) is 1. The van der Waals surface area contributed by atoms with Crippen LogP contribution in [0, 0.1) is 0 Å². The molecule has 0 spiro atoms. The maximum absolute atomic E-state index is 10.5. The summed E-state index contributed by atoms with van der Waals surface area (Å²) in [6.07, 6.45) is 1.77. The van der Waals surface area contributed by atoms with Gasteiger partial charge in [-0.25, -0.2) is 0 Å². The largest absolute Gasteiger partial charge is 0.496 e. The van der Waals surface area contributed by atoms with Crippen molar-refractivity contribution in [2.75, 3.05) is 19.0 Å². The first-order chi connectivity index (χ1) is 8.72. The molecule has 2 aromatic rings. The van der Waals surface area contributed by atoms with Crippen molar-refractivity contribution in [2.45, 2.75) is 6.42 Å². The number of methoxy groups -OCH3 is 1. The van der Waals surface area contributed by atoms with Gasteiger partial charge in [0.05, 0.1) is 24.7 Å². The van der Waals surface area contributed by atoms with Crippen LogP contribution in [0.4, 0.5) is 5.69 Å². The molecule has 0 saturated carbocycles. The van der Waals surface area contributed by atoms with Crippen molar-refractivity contribution in [2.24, 2.45) is 0 Å². The van der Waals surface area contributed by atoms with Crippen molar-refractivity contribution >= 4 is 22.6 Å². The van der Waals surface area contributed by atoms with Crippen molar-refractivity contribution in [1.82, 2.24) is 4.98 Å². The highest BCUT2D eigenvalue weighted by Gasteiger charge is 2.07. The van der Waals surface area contributed by atoms with Gasteiger partial charge in [0.1, 0.15) is 5.75 Å². The molecule has 0 amide bonds. The number of fused-ring (bicyclic) bond motifs is 1. The van der Waals surface area contributed by atoms with Gasteiger partial charge in [-0.05, 0) is 24.3 Å². The number of carbonyl (C=O) groups is 1. The SMILES string of the molecule is COc1ccc(NCCC(=O)O)c2ncccc12. The van der Waals surface area contributed by atoms with Crippen molar-refractivity contribution in [1.29, 1.82) is 0 Å². The molecule has 2 rings (SSSR count). The standard InChI is InChI=1S/C13H14N2O3/c1-18-11-5-4-10(14-8-6-12(16)17)13-9(11)3-2-7-15-13/h2-5,7,14H,6,8H2,1H3,(H,16,17). The van der Waals surface area contributed by atoms with E-state index in [4.69, 9.17) is 9.84 Å². The van der Waals surface area contributed by atoms with Gasteiger partial charge >= 0.3 is 5.97 Å². The predicted molar refractivity (Wildman–Crippen MR) is 69.0 cm³/mol. The Morgan fingerprint density at radius 1 is 1.44 bits per heavy atom. The fourth-order valence-corrected chi connectivity index (χ4v) is 1.77. The van der Waals surface area contributed by atoms with Gasteiger partial charge in [0, 0.05) is 18.1 Å². The zero-order valence-electron chi connectivity index (χ0n) is 10.0. The fourth-order valence-electron chi connectivity index (χ4n) is 1.77. The van der Waals surface area contributed by atoms with Crippen molar-refractivity contribution in [3.8, 4) is 5.75 Å². The van der Waals surface area contributed by atoms with Crippen LogP contribution in [0.3, 0.4) is 0 Å². The number of carboxylic acid groups (broad SMARTS) is 1. The Labute approximate surface area is 104 Å². The second-order valence-electron chi connectivity index (χ2n) is 3.79. The monoisotopic (exact) mass is 246 g/mol. The fraction of sp³-hybridized carbons (Fsp3) is 0.231. The van der Waals surface area contributed by atoms with E-state index in [1.54, 1.807) is 13.3 Å². The van der Waals surface area contributed by atoms with Gasteiger partial charge in [0.2, 0.25) is 0 Å². The number of benzene rings is 1. The molecule has 18 heavy (non-hydrogen) atoms. The molecule has 1 aromatic heterocycles. The summed E-state index contributed by atoms with van der Waals surface area (Å²) in [7, 11) is 1.61. The maximum Gasteiger partial charge on any atom is 0.305 e. The maximum atomic E-state index is 10.5. The van der Waals surface area contributed by atoms with E-state index in [9.17, 15) is 4.79 Å². The quantitative estimate of drug-likeness (QED) is 0.845. The van der Waals surface area contributed by atoms with Gasteiger partial charge in [-0.2, -0.15) is 0 Å². The minimum Gasteiger partial charge on any atom is -0.496 e. The summed E-state index contributed by atoms with van der Waals surface area (Å²) in [6, 6.07) is 7.44. The first kappa shape index (κ1) is 12.2. The van der Waals surface area contributed by atoms with Crippen LogP contribution in [-0.2, 0) is 4.79 Å². The van der Waals surface area contributed by atoms with E-state index >= 15 is 0 Å². The Hall–Kier alpha value is -2.30. The Balaban J connectivity index is 2.31. The highest BCUT2D eigenvalue weighted by Crippen LogP contribution is 2.29. The number of carboxylic acids is 1. The number of aliphatic carboxylic acids is 1. The molecule has 94 valence electrons. The normalized spacial score (nSPS) is 10.3. The van der Waals surface area contributed by atoms with Gasteiger partial charge in [-0.3, -0.25) is 9.78 Å². The van der Waals surface area contributed by atoms with E-state index in [0.29, 0.717) is 6.54 Å². The zero-order chi connectivity index (χ0) is 13.0. The number of hydrogen-bond acceptors (Lipinski definition) is 4. The first-order valence-corrected chi connectivity index (χ1v) is 5.60. The summed E-state index contributed by atoms with van der Waals surface area (Å²) < 4.78 is 5.26. The number of pyridine rings is 1. The molecule has 0 aliphatic rings. The van der Waals surface area contributed by atoms with Crippen molar-refractivity contribution in [3.05, 3.63) is 30.5 Å². The molecule has 0 aliphatic heterocycles. The average molecular weight is 246 g/mol. The first-order valence-electron chi connectivity index (χ1n) is 5.60. The van der Waals surface area contributed by atoms with Crippen molar-refractivity contribution < 1.29 is 14.6 Å². The third kappa shape index (κ3) is 2.51. The lowest BCUT2D eigenvalue weighted by Gasteiger charge is -2.10. The summed E-state index contributed by atoms with van der Waals surface area (Å²) in [6.45, 7) is 0.368. The number of ether oxygens (including phenoxy) is 1. The van der Waals surface area contributed by atoms with Crippen LogP contribution < -0.4 is 10.1 Å². The van der Waals surface area contributed by atoms with Crippen LogP contribution in [0.25, 0.3) is 10.9 Å². The number of hydrogen-bond donors (Lipinski definition) is 2. The summed E-state index contributed by atoms with van der Waals surface area (Å²) in [5, 5.41) is 12.6. The molecule has 1 heterocycles. The molecule has 5 heteroatoms. The van der Waals surface area contributed by atoms with Gasteiger partial charge in [-0.15, -0.1) is 0 Å². The van der Waals surface area contributed by atoms with Gasteiger partial charge < -0.3 is 15.2 Å². The molecular weight excluding hydrogens is 232 g/mol. The molecule has 0 aliphatic carbocycles. The average Bonchev–Trinajstić information content (AvgIpc) is 2.38. The molecule has 1 aromatic carbocycles. The van der Waals surface area contributed by atoms with Crippen LogP contribution in [0.15, 0.2) is 30.5 Å². The number of nitrogens with zero attached hydrogens (tertiary/aromatic N) is 1. The van der Waals surface area contributed by atoms with Crippen LogP contribution >= 0.6 is 0 Å². The van der Waals surface area contributed by atoms with Crippen LogP contribution in [0.2, 0.25) is 0 Å². The van der Waals surface area contributed by atoms with E-state index in [0.717, 1.165) is 22.3 Å². The number of rotatable bonds is 5. The van der Waals surface area contributed by atoms with E-state index in [1.807, 2.05) is 24.3 Å². The summed E-state index contributed by atoms with van der Waals surface area (Å²) in [5.74, 6) is -0.0739. The molecule has 0 radical (unpaired) electrons. The highest BCUT2D eigenvalue weighted by atomic mass is 16.5. The third-order valence-corrected chi connectivity index (χ3v) is 2.60.